The van der Waals surface area contributed by atoms with Gasteiger partial charge >= 0.3 is 0 Å². The van der Waals surface area contributed by atoms with Crippen molar-refractivity contribution >= 4 is 12.2 Å². The van der Waals surface area contributed by atoms with Crippen molar-refractivity contribution in [1.29, 1.82) is 0 Å². The van der Waals surface area contributed by atoms with Crippen molar-refractivity contribution < 1.29 is 4.52 Å². The van der Waals surface area contributed by atoms with Crippen molar-refractivity contribution in [3.63, 3.8) is 0 Å². The van der Waals surface area contributed by atoms with E-state index < -0.39 is 0 Å². The van der Waals surface area contributed by atoms with E-state index in [0.29, 0.717) is 17.0 Å². The molecule has 7 heteroatoms. The molecule has 0 unspecified atom stereocenters. The first-order chi connectivity index (χ1) is 7.31. The second-order valence-electron chi connectivity index (χ2n) is 3.05. The molecule has 1 N–H and O–H groups in total. The predicted octanol–water partition coefficient (Wildman–Crippen LogP) is 1.13. The van der Waals surface area contributed by atoms with Crippen molar-refractivity contribution in [2.75, 3.05) is 0 Å². The fourth-order valence-corrected chi connectivity index (χ4v) is 1.61. The summed E-state index contributed by atoms with van der Waals surface area (Å²) in [6.07, 6.45) is 2.86. The monoisotopic (exact) mass is 225 g/mol. The Balaban J connectivity index is 2.10. The highest BCUT2D eigenvalue weighted by atomic mass is 32.1. The minimum atomic E-state index is 0.635. The highest BCUT2D eigenvalue weighted by Gasteiger charge is 2.05. The van der Waals surface area contributed by atoms with Crippen molar-refractivity contribution in [2.24, 2.45) is 0 Å². The van der Waals surface area contributed by atoms with Crippen LogP contribution in [0, 0.1) is 4.77 Å². The number of rotatable bonds is 4. The van der Waals surface area contributed by atoms with Crippen LogP contribution in [-0.4, -0.2) is 24.9 Å². The van der Waals surface area contributed by atoms with Crippen LogP contribution in [0.5, 0.6) is 0 Å². The number of aryl methyl sites for hydroxylation is 2. The Morgan fingerprint density at radius 3 is 3.13 bits per heavy atom. The summed E-state index contributed by atoms with van der Waals surface area (Å²) in [5.74, 6) is 1.63. The van der Waals surface area contributed by atoms with Gasteiger partial charge in [0.1, 0.15) is 5.82 Å². The van der Waals surface area contributed by atoms with E-state index in [-0.39, 0.29) is 0 Å². The molecule has 0 aliphatic carbocycles. The van der Waals surface area contributed by atoms with Gasteiger partial charge in [0, 0.05) is 19.4 Å². The number of hydrogen-bond acceptors (Lipinski definition) is 5. The van der Waals surface area contributed by atoms with Gasteiger partial charge in [0.2, 0.25) is 6.39 Å². The van der Waals surface area contributed by atoms with Gasteiger partial charge < -0.3 is 9.09 Å². The van der Waals surface area contributed by atoms with E-state index in [1.165, 1.54) is 6.39 Å². The lowest BCUT2D eigenvalue weighted by Gasteiger charge is -2.02. The molecule has 0 saturated heterocycles. The Bertz CT molecular complexity index is 471. The lowest BCUT2D eigenvalue weighted by atomic mass is 10.4. The normalized spacial score (nSPS) is 10.7. The van der Waals surface area contributed by atoms with Gasteiger partial charge in [-0.1, -0.05) is 12.1 Å². The Kier molecular flexibility index (Phi) is 2.91. The molecule has 0 aromatic carbocycles. The molecule has 0 spiro atoms. The van der Waals surface area contributed by atoms with E-state index in [1.807, 2.05) is 11.5 Å². The van der Waals surface area contributed by atoms with Crippen LogP contribution in [0.25, 0.3) is 0 Å². The fourth-order valence-electron chi connectivity index (χ4n) is 1.37. The maximum atomic E-state index is 5.11. The SMILES string of the molecule is CCc1n[nH]c(=S)n1CCc1ncon1. The Morgan fingerprint density at radius 1 is 1.60 bits per heavy atom. The summed E-state index contributed by atoms with van der Waals surface area (Å²) in [5.41, 5.74) is 0. The second kappa shape index (κ2) is 4.35. The molecule has 2 aromatic heterocycles. The topological polar surface area (TPSA) is 72.5 Å². The fraction of sp³-hybridized carbons (Fsp3) is 0.500. The second-order valence-corrected chi connectivity index (χ2v) is 3.43. The van der Waals surface area contributed by atoms with Crippen LogP contribution in [0.15, 0.2) is 10.9 Å². The van der Waals surface area contributed by atoms with E-state index in [1.54, 1.807) is 0 Å². The van der Waals surface area contributed by atoms with Crippen LogP contribution < -0.4 is 0 Å². The maximum Gasteiger partial charge on any atom is 0.213 e. The van der Waals surface area contributed by atoms with Gasteiger partial charge in [-0.2, -0.15) is 10.1 Å². The third kappa shape index (κ3) is 2.12. The Hall–Kier alpha value is -1.50. The van der Waals surface area contributed by atoms with Crippen LogP contribution in [0.4, 0.5) is 0 Å². The molecule has 2 aromatic rings. The summed E-state index contributed by atoms with van der Waals surface area (Å²) in [6.45, 7) is 2.76. The summed E-state index contributed by atoms with van der Waals surface area (Å²) in [5, 5.41) is 10.6. The quantitative estimate of drug-likeness (QED) is 0.790. The first-order valence-electron chi connectivity index (χ1n) is 4.70. The molecule has 0 saturated carbocycles. The van der Waals surface area contributed by atoms with E-state index in [9.17, 15) is 0 Å². The van der Waals surface area contributed by atoms with E-state index >= 15 is 0 Å². The summed E-state index contributed by atoms with van der Waals surface area (Å²) in [4.78, 5) is 3.95. The minimum Gasteiger partial charge on any atom is -0.343 e. The largest absolute Gasteiger partial charge is 0.343 e. The highest BCUT2D eigenvalue weighted by molar-refractivity contribution is 7.71. The van der Waals surface area contributed by atoms with Crippen LogP contribution in [0.1, 0.15) is 18.6 Å². The van der Waals surface area contributed by atoms with E-state index in [2.05, 4.69) is 24.9 Å². The molecule has 2 heterocycles. The molecule has 0 atom stereocenters. The molecule has 0 aliphatic rings. The van der Waals surface area contributed by atoms with Crippen LogP contribution in [0.3, 0.4) is 0 Å². The number of nitrogens with zero attached hydrogens (tertiary/aromatic N) is 4. The summed E-state index contributed by atoms with van der Waals surface area (Å²) < 4.78 is 7.24. The van der Waals surface area contributed by atoms with Crippen LogP contribution in [0.2, 0.25) is 0 Å². The summed E-state index contributed by atoms with van der Waals surface area (Å²) >= 11 is 5.11. The molecule has 0 bridgehead atoms. The predicted molar refractivity (Wildman–Crippen MR) is 54.8 cm³/mol. The van der Waals surface area contributed by atoms with Crippen LogP contribution in [-0.2, 0) is 19.4 Å². The van der Waals surface area contributed by atoms with Gasteiger partial charge in [-0.15, -0.1) is 0 Å². The zero-order valence-electron chi connectivity index (χ0n) is 8.30. The molecular weight excluding hydrogens is 214 g/mol. The zero-order valence-corrected chi connectivity index (χ0v) is 9.12. The Morgan fingerprint density at radius 2 is 2.47 bits per heavy atom. The number of nitrogens with one attached hydrogen (secondary N) is 1. The molecule has 0 aliphatic heterocycles. The van der Waals surface area contributed by atoms with Gasteiger partial charge in [0.05, 0.1) is 0 Å². The average molecular weight is 225 g/mol. The van der Waals surface area contributed by atoms with Crippen molar-refractivity contribution in [1.82, 2.24) is 24.9 Å². The molecule has 0 amide bonds. The molecule has 15 heavy (non-hydrogen) atoms. The number of H-pyrrole nitrogens is 1. The molecular formula is C8H11N5OS. The standard InChI is InChI=1S/C8H11N5OS/c1-2-7-10-11-8(15)13(7)4-3-6-9-5-14-12-6/h5H,2-4H2,1H3,(H,11,15). The van der Waals surface area contributed by atoms with Crippen molar-refractivity contribution in [2.45, 2.75) is 26.3 Å². The first kappa shape index (κ1) is 10.0. The van der Waals surface area contributed by atoms with E-state index in [4.69, 9.17) is 12.2 Å². The lowest BCUT2D eigenvalue weighted by molar-refractivity contribution is 0.408. The molecule has 0 fully saturated rings. The number of aromatic nitrogens is 5. The summed E-state index contributed by atoms with van der Waals surface area (Å²) in [7, 11) is 0. The first-order valence-corrected chi connectivity index (χ1v) is 5.11. The number of aromatic amines is 1. The summed E-state index contributed by atoms with van der Waals surface area (Å²) in [6, 6.07) is 0. The maximum absolute atomic E-state index is 5.11. The zero-order chi connectivity index (χ0) is 10.7. The average Bonchev–Trinajstić information content (AvgIpc) is 2.84. The van der Waals surface area contributed by atoms with Gasteiger partial charge in [0.15, 0.2) is 10.6 Å². The van der Waals surface area contributed by atoms with Crippen molar-refractivity contribution in [3.8, 4) is 0 Å². The highest BCUT2D eigenvalue weighted by Crippen LogP contribution is 2.01. The lowest BCUT2D eigenvalue weighted by Crippen LogP contribution is -2.06. The number of hydrogen-bond donors (Lipinski definition) is 1. The van der Waals surface area contributed by atoms with Gasteiger partial charge in [0.25, 0.3) is 0 Å². The molecule has 80 valence electrons. The van der Waals surface area contributed by atoms with Gasteiger partial charge in [-0.05, 0) is 12.2 Å². The van der Waals surface area contributed by atoms with Gasteiger partial charge in [-0.3, -0.25) is 5.10 Å². The molecule has 6 nitrogen and oxygen atoms in total. The van der Waals surface area contributed by atoms with E-state index in [0.717, 1.165) is 18.8 Å². The van der Waals surface area contributed by atoms with Crippen molar-refractivity contribution in [3.05, 3.63) is 22.8 Å². The minimum absolute atomic E-state index is 0.635. The van der Waals surface area contributed by atoms with Gasteiger partial charge in [-0.25, -0.2) is 0 Å². The third-order valence-electron chi connectivity index (χ3n) is 2.12. The molecule has 2 rings (SSSR count). The molecule has 0 radical (unpaired) electrons. The Labute approximate surface area is 91.3 Å². The third-order valence-corrected chi connectivity index (χ3v) is 2.43. The van der Waals surface area contributed by atoms with Crippen LogP contribution >= 0.6 is 12.2 Å². The smallest absolute Gasteiger partial charge is 0.213 e.